The lowest BCUT2D eigenvalue weighted by molar-refractivity contribution is -0.128. The van der Waals surface area contributed by atoms with Gasteiger partial charge in [-0.15, -0.1) is 24.0 Å². The highest BCUT2D eigenvalue weighted by Gasteiger charge is 2.26. The van der Waals surface area contributed by atoms with Crippen molar-refractivity contribution in [3.05, 3.63) is 30.1 Å². The van der Waals surface area contributed by atoms with Crippen LogP contribution in [0, 0.1) is 5.41 Å². The Bertz CT molecular complexity index is 462. The predicted molar refractivity (Wildman–Crippen MR) is 95.7 cm³/mol. The summed E-state index contributed by atoms with van der Waals surface area (Å²) in [4.78, 5) is 20.0. The predicted octanol–water partition coefficient (Wildman–Crippen LogP) is 1.14. The number of nitrogens with one attached hydrogen (secondary N) is 3. The fraction of sp³-hybridized carbons (Fsp3) is 0.500. The van der Waals surface area contributed by atoms with Gasteiger partial charge in [0.15, 0.2) is 5.96 Å². The minimum Gasteiger partial charge on any atom is -0.359 e. The third-order valence-electron chi connectivity index (χ3n) is 2.93. The van der Waals surface area contributed by atoms with Gasteiger partial charge in [-0.05, 0) is 26.0 Å². The first kappa shape index (κ1) is 19.6. The normalized spacial score (nSPS) is 11.3. The summed E-state index contributed by atoms with van der Waals surface area (Å²) in [5.41, 5.74) is 0.429. The Morgan fingerprint density at radius 3 is 2.57 bits per heavy atom. The van der Waals surface area contributed by atoms with Crippen molar-refractivity contribution >= 4 is 35.8 Å². The maximum Gasteiger partial charge on any atom is 0.227 e. The zero-order valence-corrected chi connectivity index (χ0v) is 15.3. The number of aliphatic imine (C=N–C) groups is 1. The van der Waals surface area contributed by atoms with Crippen LogP contribution >= 0.6 is 24.0 Å². The van der Waals surface area contributed by atoms with Gasteiger partial charge >= 0.3 is 0 Å². The van der Waals surface area contributed by atoms with Crippen LogP contribution in [0.25, 0.3) is 0 Å². The quantitative estimate of drug-likeness (QED) is 0.390. The molecule has 1 aromatic heterocycles. The molecular formula is C14H24IN5O. The van der Waals surface area contributed by atoms with Crippen molar-refractivity contribution in [2.45, 2.75) is 20.4 Å². The molecule has 0 unspecified atom stereocenters. The summed E-state index contributed by atoms with van der Waals surface area (Å²) in [6, 6.07) is 5.76. The number of halogens is 1. The van der Waals surface area contributed by atoms with E-state index in [0.29, 0.717) is 19.0 Å². The van der Waals surface area contributed by atoms with Crippen molar-refractivity contribution in [2.75, 3.05) is 20.6 Å². The van der Waals surface area contributed by atoms with Gasteiger partial charge in [-0.2, -0.15) is 0 Å². The van der Waals surface area contributed by atoms with E-state index < -0.39 is 5.41 Å². The fourth-order valence-electron chi connectivity index (χ4n) is 1.62. The van der Waals surface area contributed by atoms with Crippen molar-refractivity contribution < 1.29 is 4.79 Å². The fourth-order valence-corrected chi connectivity index (χ4v) is 1.62. The van der Waals surface area contributed by atoms with Crippen molar-refractivity contribution in [1.29, 1.82) is 0 Å². The molecule has 3 N–H and O–H groups in total. The number of guanidine groups is 1. The average Bonchev–Trinajstić information content (AvgIpc) is 2.47. The summed E-state index contributed by atoms with van der Waals surface area (Å²) < 4.78 is 0. The number of aromatic nitrogens is 1. The lowest BCUT2D eigenvalue weighted by Gasteiger charge is -2.24. The number of pyridine rings is 1. The SMILES string of the molecule is CN=C(NCc1ccccn1)NCC(C)(C)C(=O)NC.I. The monoisotopic (exact) mass is 405 g/mol. The molecule has 0 aliphatic rings. The lowest BCUT2D eigenvalue weighted by Crippen LogP contribution is -2.47. The molecule has 0 radical (unpaired) electrons. The maximum absolute atomic E-state index is 11.7. The van der Waals surface area contributed by atoms with Gasteiger partial charge in [0, 0.05) is 26.8 Å². The van der Waals surface area contributed by atoms with Gasteiger partial charge in [-0.3, -0.25) is 14.8 Å². The molecule has 0 bridgehead atoms. The molecule has 0 saturated carbocycles. The summed E-state index contributed by atoms with van der Waals surface area (Å²) in [5, 5.41) is 8.96. The van der Waals surface area contributed by atoms with Crippen LogP contribution in [0.1, 0.15) is 19.5 Å². The second-order valence-corrected chi connectivity index (χ2v) is 5.06. The van der Waals surface area contributed by atoms with Crippen LogP contribution in [0.3, 0.4) is 0 Å². The van der Waals surface area contributed by atoms with Crippen molar-refractivity contribution in [1.82, 2.24) is 20.9 Å². The van der Waals surface area contributed by atoms with Crippen LogP contribution in [0.2, 0.25) is 0 Å². The van der Waals surface area contributed by atoms with Crippen LogP contribution in [0.5, 0.6) is 0 Å². The van der Waals surface area contributed by atoms with E-state index in [9.17, 15) is 4.79 Å². The van der Waals surface area contributed by atoms with Crippen LogP contribution in [-0.4, -0.2) is 37.5 Å². The van der Waals surface area contributed by atoms with Gasteiger partial charge < -0.3 is 16.0 Å². The van der Waals surface area contributed by atoms with Crippen LogP contribution in [0.4, 0.5) is 0 Å². The van der Waals surface area contributed by atoms with Crippen molar-refractivity contribution in [3.63, 3.8) is 0 Å². The number of amides is 1. The Labute approximate surface area is 143 Å². The average molecular weight is 405 g/mol. The summed E-state index contributed by atoms with van der Waals surface area (Å²) >= 11 is 0. The zero-order valence-electron chi connectivity index (χ0n) is 12.9. The zero-order chi connectivity index (χ0) is 15.0. The molecule has 7 heteroatoms. The molecule has 0 aromatic carbocycles. The maximum atomic E-state index is 11.7. The van der Waals surface area contributed by atoms with Crippen LogP contribution in [-0.2, 0) is 11.3 Å². The molecule has 1 aromatic rings. The summed E-state index contributed by atoms with van der Waals surface area (Å²) in [6.45, 7) is 4.84. The largest absolute Gasteiger partial charge is 0.359 e. The smallest absolute Gasteiger partial charge is 0.227 e. The minimum atomic E-state index is -0.503. The molecule has 0 aliphatic carbocycles. The molecule has 0 fully saturated rings. The third kappa shape index (κ3) is 6.74. The van der Waals surface area contributed by atoms with E-state index in [4.69, 9.17) is 0 Å². The Morgan fingerprint density at radius 1 is 1.33 bits per heavy atom. The second-order valence-electron chi connectivity index (χ2n) is 5.06. The number of hydrogen-bond acceptors (Lipinski definition) is 3. The Kier molecular flexibility index (Phi) is 8.91. The third-order valence-corrected chi connectivity index (χ3v) is 2.93. The highest BCUT2D eigenvalue weighted by atomic mass is 127. The standard InChI is InChI=1S/C14H23N5O.HI/c1-14(2,12(20)15-3)10-19-13(16-4)18-9-11-7-5-6-8-17-11;/h5-8H,9-10H2,1-4H3,(H,15,20)(H2,16,18,19);1H. The Morgan fingerprint density at radius 2 is 2.05 bits per heavy atom. The molecule has 0 aliphatic heterocycles. The number of carbonyl (C=O) groups excluding carboxylic acids is 1. The summed E-state index contributed by atoms with van der Waals surface area (Å²) in [6.07, 6.45) is 1.75. The van der Waals surface area contributed by atoms with Crippen molar-refractivity contribution in [3.8, 4) is 0 Å². The van der Waals surface area contributed by atoms with Crippen LogP contribution in [0.15, 0.2) is 29.4 Å². The molecule has 0 atom stereocenters. The number of carbonyl (C=O) groups is 1. The molecule has 6 nitrogen and oxygen atoms in total. The molecule has 1 rings (SSSR count). The molecule has 1 amide bonds. The molecule has 1 heterocycles. The van der Waals surface area contributed by atoms with Gasteiger partial charge in [-0.25, -0.2) is 0 Å². The molecule has 0 spiro atoms. The minimum absolute atomic E-state index is 0. The molecule has 0 saturated heterocycles. The van der Waals surface area contributed by atoms with Gasteiger partial charge in [0.1, 0.15) is 0 Å². The second kappa shape index (κ2) is 9.54. The first-order valence-electron chi connectivity index (χ1n) is 6.56. The van der Waals surface area contributed by atoms with Crippen molar-refractivity contribution in [2.24, 2.45) is 10.4 Å². The first-order chi connectivity index (χ1) is 9.49. The summed E-state index contributed by atoms with van der Waals surface area (Å²) in [7, 11) is 3.33. The van der Waals surface area contributed by atoms with E-state index in [0.717, 1.165) is 5.69 Å². The van der Waals surface area contributed by atoms with Crippen LogP contribution < -0.4 is 16.0 Å². The van der Waals surface area contributed by atoms with Gasteiger partial charge in [0.2, 0.25) is 5.91 Å². The van der Waals surface area contributed by atoms with E-state index in [1.165, 1.54) is 0 Å². The highest BCUT2D eigenvalue weighted by Crippen LogP contribution is 2.12. The number of rotatable bonds is 5. The molecule has 118 valence electrons. The summed E-state index contributed by atoms with van der Waals surface area (Å²) in [5.74, 6) is 0.637. The van der Waals surface area contributed by atoms with E-state index in [1.807, 2.05) is 32.0 Å². The van der Waals surface area contributed by atoms with E-state index in [1.54, 1.807) is 20.3 Å². The number of hydrogen-bond donors (Lipinski definition) is 3. The van der Waals surface area contributed by atoms with Gasteiger partial charge in [0.25, 0.3) is 0 Å². The van der Waals surface area contributed by atoms with E-state index in [-0.39, 0.29) is 29.9 Å². The Hall–Kier alpha value is -1.38. The van der Waals surface area contributed by atoms with Gasteiger partial charge in [0.05, 0.1) is 17.7 Å². The van der Waals surface area contributed by atoms with E-state index in [2.05, 4.69) is 25.9 Å². The lowest BCUT2D eigenvalue weighted by atomic mass is 9.92. The topological polar surface area (TPSA) is 78.4 Å². The van der Waals surface area contributed by atoms with E-state index >= 15 is 0 Å². The molecular weight excluding hydrogens is 381 g/mol. The Balaban J connectivity index is 0.00000400. The number of nitrogens with zero attached hydrogens (tertiary/aromatic N) is 2. The van der Waals surface area contributed by atoms with Gasteiger partial charge in [-0.1, -0.05) is 6.07 Å². The molecule has 21 heavy (non-hydrogen) atoms. The first-order valence-corrected chi connectivity index (χ1v) is 6.56. The highest BCUT2D eigenvalue weighted by molar-refractivity contribution is 14.0.